The lowest BCUT2D eigenvalue weighted by molar-refractivity contribution is 0.184. The van der Waals surface area contributed by atoms with E-state index in [1.165, 1.54) is 0 Å². The lowest BCUT2D eigenvalue weighted by atomic mass is 9.87. The van der Waals surface area contributed by atoms with Gasteiger partial charge in [-0.3, -0.25) is 14.7 Å². The molecule has 2 N–H and O–H groups in total. The monoisotopic (exact) mass is 549 g/mol. The topological polar surface area (TPSA) is 117 Å². The number of nitrogens with one attached hydrogen (secondary N) is 2. The number of carbonyl (C=O) groups is 1. The second kappa shape index (κ2) is 9.81. The molecule has 10 nitrogen and oxygen atoms in total. The summed E-state index contributed by atoms with van der Waals surface area (Å²) in [6.07, 6.45) is 1.91. The third-order valence-electron chi connectivity index (χ3n) is 7.18. The fourth-order valence-electron chi connectivity index (χ4n) is 5.00. The highest BCUT2D eigenvalue weighted by Crippen LogP contribution is 2.43. The number of hydrogen-bond donors (Lipinski definition) is 2. The summed E-state index contributed by atoms with van der Waals surface area (Å²) in [5.74, 6) is 1.36. The number of aromatic nitrogens is 2. The second-order valence-corrected chi connectivity index (χ2v) is 11.6. The first-order chi connectivity index (χ1) is 18.5. The maximum Gasteiger partial charge on any atom is 0.324 e. The van der Waals surface area contributed by atoms with Crippen LogP contribution < -0.4 is 14.2 Å². The van der Waals surface area contributed by atoms with Gasteiger partial charge in [-0.1, -0.05) is 36.4 Å². The Morgan fingerprint density at radius 1 is 1.08 bits per heavy atom. The number of sulfonamides is 1. The minimum Gasteiger partial charge on any atom is -0.489 e. The van der Waals surface area contributed by atoms with Crippen molar-refractivity contribution in [3.8, 4) is 11.5 Å². The van der Waals surface area contributed by atoms with Gasteiger partial charge in [-0.05, 0) is 38.5 Å². The largest absolute Gasteiger partial charge is 0.489 e. The van der Waals surface area contributed by atoms with Gasteiger partial charge in [0.15, 0.2) is 0 Å². The highest BCUT2D eigenvalue weighted by molar-refractivity contribution is 7.89. The van der Waals surface area contributed by atoms with Crippen LogP contribution in [0.5, 0.6) is 11.5 Å². The smallest absolute Gasteiger partial charge is 0.324 e. The zero-order valence-corrected chi connectivity index (χ0v) is 23.3. The molecule has 1 atom stereocenters. The number of rotatable bonds is 8. The molecule has 1 saturated heterocycles. The molecule has 2 aromatic carbocycles. The lowest BCUT2D eigenvalue weighted by Gasteiger charge is -2.36. The Morgan fingerprint density at radius 2 is 1.79 bits per heavy atom. The molecular formula is C28H31N5O5S. The summed E-state index contributed by atoms with van der Waals surface area (Å²) in [5, 5.41) is 6.76. The Balaban J connectivity index is 1.49. The van der Waals surface area contributed by atoms with Crippen LogP contribution >= 0.6 is 0 Å². The van der Waals surface area contributed by atoms with Gasteiger partial charge >= 0.3 is 6.03 Å². The van der Waals surface area contributed by atoms with Crippen molar-refractivity contribution >= 4 is 16.1 Å². The maximum atomic E-state index is 13.5. The molecule has 0 bridgehead atoms. The van der Waals surface area contributed by atoms with Gasteiger partial charge in [-0.25, -0.2) is 13.2 Å². The van der Waals surface area contributed by atoms with Crippen LogP contribution in [0.25, 0.3) is 0 Å². The van der Waals surface area contributed by atoms with Crippen molar-refractivity contribution in [3.05, 3.63) is 94.8 Å². The molecule has 0 saturated carbocycles. The summed E-state index contributed by atoms with van der Waals surface area (Å²) in [6.45, 7) is 5.57. The van der Waals surface area contributed by atoms with Gasteiger partial charge in [0.1, 0.15) is 28.8 Å². The summed E-state index contributed by atoms with van der Waals surface area (Å²) >= 11 is 0. The number of urea groups is 1. The third-order valence-corrected chi connectivity index (χ3v) is 8.84. The van der Waals surface area contributed by atoms with Crippen LogP contribution in [0.4, 0.5) is 4.79 Å². The van der Waals surface area contributed by atoms with Crippen LogP contribution in [0, 0.1) is 13.8 Å². The Bertz CT molecular complexity index is 1580. The SMILES string of the molecule is Cc1n[nH]c(C)c1S(=O)(=O)NC1=C(Oc2cccc(OCc3ccccc3)c2)C=C2N(C)C(=O)N(C)C2(C)C1. The minimum absolute atomic E-state index is 0.0820. The Kier molecular flexibility index (Phi) is 6.63. The van der Waals surface area contributed by atoms with Gasteiger partial charge in [0.25, 0.3) is 10.0 Å². The van der Waals surface area contributed by atoms with Gasteiger partial charge in [0.2, 0.25) is 0 Å². The standard InChI is InChI=1S/C28H31N5O5S/c1-18-26(19(2)30-29-18)39(35,36)31-23-16-28(3)25(32(4)27(34)33(28)5)15-24(23)38-22-13-9-12-21(14-22)37-17-20-10-7-6-8-11-20/h6-15,31H,16-17H2,1-5H3,(H,29,30). The Labute approximate surface area is 228 Å². The number of hydrogen-bond acceptors (Lipinski definition) is 6. The number of H-pyrrole nitrogens is 1. The molecule has 1 fully saturated rings. The van der Waals surface area contributed by atoms with E-state index in [0.717, 1.165) is 5.56 Å². The molecule has 1 aromatic heterocycles. The quantitative estimate of drug-likeness (QED) is 0.435. The number of carbonyl (C=O) groups excluding carboxylic acids is 1. The average molecular weight is 550 g/mol. The van der Waals surface area contributed by atoms with Crippen molar-refractivity contribution in [1.29, 1.82) is 0 Å². The third kappa shape index (κ3) is 4.85. The number of ether oxygens (including phenoxy) is 2. The van der Waals surface area contributed by atoms with E-state index in [9.17, 15) is 13.2 Å². The summed E-state index contributed by atoms with van der Waals surface area (Å²) < 4.78 is 41.9. The molecule has 0 spiro atoms. The van der Waals surface area contributed by atoms with Gasteiger partial charge in [0, 0.05) is 32.7 Å². The lowest BCUT2D eigenvalue weighted by Crippen LogP contribution is -2.45. The van der Waals surface area contributed by atoms with Crippen LogP contribution in [0.3, 0.4) is 0 Å². The highest BCUT2D eigenvalue weighted by Gasteiger charge is 2.50. The first-order valence-corrected chi connectivity index (χ1v) is 13.9. The summed E-state index contributed by atoms with van der Waals surface area (Å²) in [4.78, 5) is 16.1. The number of aryl methyl sites for hydroxylation is 2. The molecule has 1 aliphatic heterocycles. The van der Waals surface area contributed by atoms with Crippen molar-refractivity contribution in [2.24, 2.45) is 0 Å². The van der Waals surface area contributed by atoms with Crippen LogP contribution in [0.2, 0.25) is 0 Å². The normalized spacial score (nSPS) is 19.2. The number of fused-ring (bicyclic) bond motifs is 1. The van der Waals surface area contributed by atoms with Crippen LogP contribution in [-0.2, 0) is 16.6 Å². The highest BCUT2D eigenvalue weighted by atomic mass is 32.2. The maximum absolute atomic E-state index is 13.5. The number of benzene rings is 2. The van der Waals surface area contributed by atoms with Crippen molar-refractivity contribution in [3.63, 3.8) is 0 Å². The summed E-state index contributed by atoms with van der Waals surface area (Å²) in [7, 11) is -0.606. The molecule has 5 rings (SSSR count). The summed E-state index contributed by atoms with van der Waals surface area (Å²) in [5.41, 5.74) is 2.08. The van der Waals surface area contributed by atoms with E-state index in [4.69, 9.17) is 9.47 Å². The van der Waals surface area contributed by atoms with Crippen LogP contribution in [0.15, 0.2) is 82.7 Å². The molecule has 2 heterocycles. The molecule has 1 unspecified atom stereocenters. The van der Waals surface area contributed by atoms with Crippen molar-refractivity contribution < 1.29 is 22.7 Å². The van der Waals surface area contributed by atoms with E-state index in [2.05, 4.69) is 14.9 Å². The molecule has 3 aromatic rings. The zero-order chi connectivity index (χ0) is 27.9. The van der Waals surface area contributed by atoms with E-state index in [-0.39, 0.29) is 17.3 Å². The molecule has 2 amide bonds. The van der Waals surface area contributed by atoms with Crippen LogP contribution in [-0.4, -0.2) is 54.1 Å². The second-order valence-electron chi connectivity index (χ2n) is 9.94. The number of aromatic amines is 1. The van der Waals surface area contributed by atoms with E-state index in [1.54, 1.807) is 62.0 Å². The number of amides is 2. The average Bonchev–Trinajstić information content (AvgIpc) is 3.33. The van der Waals surface area contributed by atoms with Crippen molar-refractivity contribution in [2.45, 2.75) is 44.2 Å². The predicted molar refractivity (Wildman–Crippen MR) is 145 cm³/mol. The number of likely N-dealkylation sites (N-methyl/N-ethyl adjacent to an activating group) is 2. The Hall–Kier alpha value is -4.25. The van der Waals surface area contributed by atoms with E-state index >= 15 is 0 Å². The van der Waals surface area contributed by atoms with E-state index in [1.807, 2.05) is 43.3 Å². The van der Waals surface area contributed by atoms with Crippen LogP contribution in [0.1, 0.15) is 30.3 Å². The molecule has 2 aliphatic rings. The molecule has 1 aliphatic carbocycles. The molecule has 0 radical (unpaired) electrons. The number of nitrogens with zero attached hydrogens (tertiary/aromatic N) is 3. The molecule has 11 heteroatoms. The zero-order valence-electron chi connectivity index (χ0n) is 22.5. The summed E-state index contributed by atoms with van der Waals surface area (Å²) in [6, 6.07) is 16.8. The van der Waals surface area contributed by atoms with Gasteiger partial charge in [-0.2, -0.15) is 5.10 Å². The Morgan fingerprint density at radius 3 is 2.49 bits per heavy atom. The van der Waals surface area contributed by atoms with Gasteiger partial charge in [-0.15, -0.1) is 0 Å². The number of allylic oxidation sites excluding steroid dienone is 1. The first kappa shape index (κ1) is 26.4. The van der Waals surface area contributed by atoms with Gasteiger partial charge < -0.3 is 14.4 Å². The molecule has 39 heavy (non-hydrogen) atoms. The fraction of sp³-hybridized carbons (Fsp3) is 0.286. The van der Waals surface area contributed by atoms with E-state index < -0.39 is 15.6 Å². The molecular weight excluding hydrogens is 518 g/mol. The van der Waals surface area contributed by atoms with Crippen molar-refractivity contribution in [2.75, 3.05) is 14.1 Å². The van der Waals surface area contributed by atoms with E-state index in [0.29, 0.717) is 46.6 Å². The minimum atomic E-state index is -4.00. The first-order valence-electron chi connectivity index (χ1n) is 12.5. The predicted octanol–water partition coefficient (Wildman–Crippen LogP) is 4.22. The van der Waals surface area contributed by atoms with Crippen molar-refractivity contribution in [1.82, 2.24) is 24.7 Å². The molecule has 204 valence electrons. The fourth-order valence-corrected chi connectivity index (χ4v) is 6.48. The van der Waals surface area contributed by atoms with Gasteiger partial charge in [0.05, 0.1) is 28.3 Å².